The van der Waals surface area contributed by atoms with Crippen LogP contribution in [0.3, 0.4) is 0 Å². The molecule has 2 amide bonds. The van der Waals surface area contributed by atoms with E-state index in [1.54, 1.807) is 12.5 Å². The largest absolute Gasteiger partial charge is 0.479 e. The molecule has 3 N–H and O–H groups in total. The highest BCUT2D eigenvalue weighted by Crippen LogP contribution is 1.88. The first-order valence-corrected chi connectivity index (χ1v) is 5.01. The third-order valence-electron chi connectivity index (χ3n) is 1.80. The van der Waals surface area contributed by atoms with Gasteiger partial charge in [0.1, 0.15) is 0 Å². The molecule has 0 unspecified atom stereocenters. The predicted molar refractivity (Wildman–Crippen MR) is 57.0 cm³/mol. The minimum absolute atomic E-state index is 0.459. The summed E-state index contributed by atoms with van der Waals surface area (Å²) < 4.78 is 1.89. The van der Waals surface area contributed by atoms with E-state index in [-0.39, 0.29) is 0 Å². The summed E-state index contributed by atoms with van der Waals surface area (Å²) in [5, 5.41) is 10.8. The number of aryl methyl sites for hydroxylation is 1. The zero-order valence-electron chi connectivity index (χ0n) is 9.13. The molecule has 0 aliphatic rings. The van der Waals surface area contributed by atoms with E-state index in [1.165, 1.54) is 0 Å². The van der Waals surface area contributed by atoms with Crippen molar-refractivity contribution in [2.24, 2.45) is 0 Å². The van der Waals surface area contributed by atoms with Gasteiger partial charge < -0.3 is 15.0 Å². The minimum atomic E-state index is -1.15. The predicted octanol–water partition coefficient (Wildman–Crippen LogP) is -0.411. The quantitative estimate of drug-likeness (QED) is 0.445. The maximum absolute atomic E-state index is 11.0. The van der Waals surface area contributed by atoms with Crippen LogP contribution >= 0.6 is 0 Å². The number of carbonyl (C=O) groups excluding carboxylic acids is 1. The summed E-state index contributed by atoms with van der Waals surface area (Å²) in [6.07, 6.45) is 5.94. The highest BCUT2D eigenvalue weighted by atomic mass is 16.7. The van der Waals surface area contributed by atoms with E-state index in [9.17, 15) is 9.59 Å². The fourth-order valence-electron chi connectivity index (χ4n) is 1.08. The Labute approximate surface area is 97.5 Å². The number of nitrogens with one attached hydrogen (secondary N) is 2. The summed E-state index contributed by atoms with van der Waals surface area (Å²) in [5.74, 6) is -1.15. The Balaban J connectivity index is 1.98. The van der Waals surface area contributed by atoms with Crippen LogP contribution in [0.2, 0.25) is 0 Å². The normalized spacial score (nSPS) is 9.88. The first kappa shape index (κ1) is 13.0. The molecule has 0 aliphatic heterocycles. The van der Waals surface area contributed by atoms with Crippen molar-refractivity contribution in [3.05, 3.63) is 18.7 Å². The van der Waals surface area contributed by atoms with E-state index in [4.69, 9.17) is 5.11 Å². The highest BCUT2D eigenvalue weighted by Gasteiger charge is 2.01. The summed E-state index contributed by atoms with van der Waals surface area (Å²) in [4.78, 5) is 29.4. The van der Waals surface area contributed by atoms with Gasteiger partial charge in [0.2, 0.25) is 0 Å². The lowest BCUT2D eigenvalue weighted by Gasteiger charge is -2.06. The van der Waals surface area contributed by atoms with Gasteiger partial charge in [0.25, 0.3) is 0 Å². The molecule has 0 atom stereocenters. The fraction of sp³-hybridized carbons (Fsp3) is 0.444. The van der Waals surface area contributed by atoms with Crippen molar-refractivity contribution in [2.45, 2.75) is 13.0 Å². The van der Waals surface area contributed by atoms with Gasteiger partial charge in [-0.1, -0.05) is 0 Å². The van der Waals surface area contributed by atoms with Gasteiger partial charge in [-0.2, -0.15) is 0 Å². The lowest BCUT2D eigenvalue weighted by Crippen LogP contribution is -2.37. The van der Waals surface area contributed by atoms with Crippen molar-refractivity contribution in [1.29, 1.82) is 0 Å². The molecule has 1 aromatic heterocycles. The molecule has 0 aromatic carbocycles. The van der Waals surface area contributed by atoms with Crippen molar-refractivity contribution in [1.82, 2.24) is 20.3 Å². The minimum Gasteiger partial charge on any atom is -0.479 e. The second kappa shape index (κ2) is 7.23. The molecule has 94 valence electrons. The molecule has 0 radical (unpaired) electrons. The van der Waals surface area contributed by atoms with Gasteiger partial charge >= 0.3 is 12.0 Å². The average molecular weight is 242 g/mol. The van der Waals surface area contributed by atoms with Crippen LogP contribution in [-0.2, 0) is 16.2 Å². The standard InChI is InChI=1S/C9H14N4O4/c14-8(15)6-17-12-9(16)11-2-1-4-13-5-3-10-7-13/h3,5,7H,1-2,4,6H2,(H,14,15)(H2,11,12,16). The number of carbonyl (C=O) groups is 2. The zero-order valence-corrected chi connectivity index (χ0v) is 9.13. The second-order valence-electron chi connectivity index (χ2n) is 3.19. The van der Waals surface area contributed by atoms with Crippen LogP contribution in [0.25, 0.3) is 0 Å². The van der Waals surface area contributed by atoms with Gasteiger partial charge in [-0.15, -0.1) is 0 Å². The molecular formula is C9H14N4O4. The van der Waals surface area contributed by atoms with Crippen molar-refractivity contribution >= 4 is 12.0 Å². The smallest absolute Gasteiger partial charge is 0.338 e. The van der Waals surface area contributed by atoms with Crippen LogP contribution in [0, 0.1) is 0 Å². The topological polar surface area (TPSA) is 105 Å². The molecule has 0 bridgehead atoms. The Hall–Kier alpha value is -2.09. The monoisotopic (exact) mass is 242 g/mol. The van der Waals surface area contributed by atoms with Crippen molar-refractivity contribution in [3.63, 3.8) is 0 Å². The number of nitrogens with zero attached hydrogens (tertiary/aromatic N) is 2. The molecule has 0 saturated carbocycles. The van der Waals surface area contributed by atoms with E-state index < -0.39 is 18.6 Å². The number of rotatable bonds is 7. The van der Waals surface area contributed by atoms with Crippen LogP contribution in [0.15, 0.2) is 18.7 Å². The lowest BCUT2D eigenvalue weighted by molar-refractivity contribution is -0.144. The first-order valence-electron chi connectivity index (χ1n) is 5.01. The maximum Gasteiger partial charge on any atom is 0.338 e. The molecule has 17 heavy (non-hydrogen) atoms. The molecule has 0 aliphatic carbocycles. The van der Waals surface area contributed by atoms with Gasteiger partial charge in [-0.05, 0) is 6.42 Å². The highest BCUT2D eigenvalue weighted by molar-refractivity contribution is 5.73. The summed E-state index contributed by atoms with van der Waals surface area (Å²) >= 11 is 0. The second-order valence-corrected chi connectivity index (χ2v) is 3.19. The number of imidazole rings is 1. The van der Waals surface area contributed by atoms with E-state index >= 15 is 0 Å². The molecule has 8 nitrogen and oxygen atoms in total. The maximum atomic E-state index is 11.0. The number of hydrogen-bond acceptors (Lipinski definition) is 4. The number of aliphatic carboxylic acids is 1. The Morgan fingerprint density at radius 1 is 1.47 bits per heavy atom. The third-order valence-corrected chi connectivity index (χ3v) is 1.80. The van der Waals surface area contributed by atoms with E-state index in [1.807, 2.05) is 16.2 Å². The number of hydrogen-bond donors (Lipinski definition) is 3. The van der Waals surface area contributed by atoms with Crippen molar-refractivity contribution in [3.8, 4) is 0 Å². The number of carboxylic acids is 1. The van der Waals surface area contributed by atoms with Crippen LogP contribution < -0.4 is 10.8 Å². The van der Waals surface area contributed by atoms with Gasteiger partial charge in [0.05, 0.1) is 6.33 Å². The first-order chi connectivity index (χ1) is 8.18. The number of amides is 2. The Kier molecular flexibility index (Phi) is 5.52. The Morgan fingerprint density at radius 3 is 2.94 bits per heavy atom. The van der Waals surface area contributed by atoms with Crippen molar-refractivity contribution in [2.75, 3.05) is 13.2 Å². The van der Waals surface area contributed by atoms with Gasteiger partial charge in [-0.3, -0.25) is 4.84 Å². The van der Waals surface area contributed by atoms with E-state index in [0.29, 0.717) is 6.54 Å². The number of aromatic nitrogens is 2. The summed E-state index contributed by atoms with van der Waals surface area (Å²) in [6, 6.07) is -0.558. The van der Waals surface area contributed by atoms with Gasteiger partial charge in [-0.25, -0.2) is 20.1 Å². The van der Waals surface area contributed by atoms with Crippen molar-refractivity contribution < 1.29 is 19.5 Å². The fourth-order valence-corrected chi connectivity index (χ4v) is 1.08. The SMILES string of the molecule is O=C(O)CONC(=O)NCCCn1ccnc1. The summed E-state index contributed by atoms with van der Waals surface area (Å²) in [7, 11) is 0. The molecule has 1 rings (SSSR count). The number of hydroxylamine groups is 1. The molecule has 1 heterocycles. The lowest BCUT2D eigenvalue weighted by atomic mass is 10.4. The molecular weight excluding hydrogens is 228 g/mol. The molecule has 1 aromatic rings. The number of urea groups is 1. The average Bonchev–Trinajstić information content (AvgIpc) is 2.76. The van der Waals surface area contributed by atoms with Crippen LogP contribution in [0.1, 0.15) is 6.42 Å². The van der Waals surface area contributed by atoms with Gasteiger partial charge in [0.15, 0.2) is 6.61 Å². The van der Waals surface area contributed by atoms with Crippen LogP contribution in [0.4, 0.5) is 4.79 Å². The van der Waals surface area contributed by atoms with Crippen LogP contribution in [-0.4, -0.2) is 39.8 Å². The van der Waals surface area contributed by atoms with Gasteiger partial charge in [0, 0.05) is 25.5 Å². The number of carboxylic acid groups (broad SMARTS) is 1. The Morgan fingerprint density at radius 2 is 2.29 bits per heavy atom. The van der Waals surface area contributed by atoms with E-state index in [0.717, 1.165) is 13.0 Å². The van der Waals surface area contributed by atoms with Crippen LogP contribution in [0.5, 0.6) is 0 Å². The third kappa shape index (κ3) is 6.15. The molecule has 8 heteroatoms. The molecule has 0 spiro atoms. The molecule has 0 saturated heterocycles. The zero-order chi connectivity index (χ0) is 12.5. The van der Waals surface area contributed by atoms with E-state index in [2.05, 4.69) is 15.1 Å². The summed E-state index contributed by atoms with van der Waals surface area (Å²) in [6.45, 7) is 0.638. The molecule has 0 fully saturated rings. The summed E-state index contributed by atoms with van der Waals surface area (Å²) in [5.41, 5.74) is 1.96. The Bertz CT molecular complexity index is 352.